The van der Waals surface area contributed by atoms with Gasteiger partial charge < -0.3 is 11.1 Å². The number of rotatable bonds is 4. The van der Waals surface area contributed by atoms with Gasteiger partial charge in [0.2, 0.25) is 0 Å². The maximum Gasteiger partial charge on any atom is 0.257 e. The minimum atomic E-state index is -0.163. The van der Waals surface area contributed by atoms with Gasteiger partial charge in [0.15, 0.2) is 0 Å². The molecule has 0 aliphatic carbocycles. The molecule has 1 amide bonds. The molecule has 0 fully saturated rings. The van der Waals surface area contributed by atoms with Crippen LogP contribution in [0.5, 0.6) is 0 Å². The molecule has 0 saturated heterocycles. The molecular weight excluding hydrogens is 250 g/mol. The Bertz CT molecular complexity index is 576. The second-order valence-corrected chi connectivity index (χ2v) is 5.36. The molecule has 0 atom stereocenters. The molecule has 20 heavy (non-hydrogen) atoms. The largest absolute Gasteiger partial charge is 0.330 e. The van der Waals surface area contributed by atoms with Gasteiger partial charge >= 0.3 is 0 Å². The van der Waals surface area contributed by atoms with E-state index in [4.69, 9.17) is 5.73 Å². The maximum atomic E-state index is 12.0. The Hall–Kier alpha value is -2.20. The summed E-state index contributed by atoms with van der Waals surface area (Å²) in [5, 5.41) is 2.84. The van der Waals surface area contributed by atoms with Gasteiger partial charge in [-0.2, -0.15) is 0 Å². The monoisotopic (exact) mass is 269 g/mol. The van der Waals surface area contributed by atoms with Crippen molar-refractivity contribution in [1.82, 2.24) is 4.98 Å². The lowest BCUT2D eigenvalue weighted by Gasteiger charge is -2.23. The number of nitrogens with two attached hydrogens (primary N) is 1. The Labute approximate surface area is 119 Å². The SMILES string of the molecule is CC(C)(CN)c1ccc(NC(=O)c2cccnc2)cc1. The molecule has 104 valence electrons. The number of pyridine rings is 1. The van der Waals surface area contributed by atoms with Gasteiger partial charge in [0.1, 0.15) is 0 Å². The van der Waals surface area contributed by atoms with Crippen LogP contribution in [0.4, 0.5) is 5.69 Å². The third-order valence-corrected chi connectivity index (χ3v) is 3.36. The number of hydrogen-bond donors (Lipinski definition) is 2. The van der Waals surface area contributed by atoms with Crippen molar-refractivity contribution in [1.29, 1.82) is 0 Å². The van der Waals surface area contributed by atoms with Gasteiger partial charge in [0.05, 0.1) is 5.56 Å². The van der Waals surface area contributed by atoms with Gasteiger partial charge in [-0.15, -0.1) is 0 Å². The number of carbonyl (C=O) groups is 1. The number of benzene rings is 1. The number of aromatic nitrogens is 1. The molecular formula is C16H19N3O. The van der Waals surface area contributed by atoms with E-state index in [9.17, 15) is 4.79 Å². The van der Waals surface area contributed by atoms with Crippen molar-refractivity contribution in [3.63, 3.8) is 0 Å². The molecule has 1 heterocycles. The smallest absolute Gasteiger partial charge is 0.257 e. The molecule has 0 spiro atoms. The van der Waals surface area contributed by atoms with Gasteiger partial charge in [-0.3, -0.25) is 9.78 Å². The third kappa shape index (κ3) is 3.22. The molecule has 4 nitrogen and oxygen atoms in total. The number of nitrogens with one attached hydrogen (secondary N) is 1. The number of amides is 1. The summed E-state index contributed by atoms with van der Waals surface area (Å²) in [5.41, 5.74) is 8.15. The normalized spacial score (nSPS) is 11.2. The molecule has 1 aromatic heterocycles. The first-order chi connectivity index (χ1) is 9.53. The molecule has 0 aliphatic heterocycles. The second-order valence-electron chi connectivity index (χ2n) is 5.36. The van der Waals surface area contributed by atoms with Crippen LogP contribution in [0.25, 0.3) is 0 Å². The predicted octanol–water partition coefficient (Wildman–Crippen LogP) is 2.57. The first kappa shape index (κ1) is 14.2. The highest BCUT2D eigenvalue weighted by atomic mass is 16.1. The Morgan fingerprint density at radius 2 is 1.95 bits per heavy atom. The standard InChI is InChI=1S/C16H19N3O/c1-16(2,11-17)13-5-7-14(8-6-13)19-15(20)12-4-3-9-18-10-12/h3-10H,11,17H2,1-2H3,(H,19,20). The fourth-order valence-electron chi connectivity index (χ4n) is 1.82. The molecule has 0 bridgehead atoms. The zero-order valence-corrected chi connectivity index (χ0v) is 11.8. The van der Waals surface area contributed by atoms with E-state index in [1.165, 1.54) is 0 Å². The molecule has 0 radical (unpaired) electrons. The quantitative estimate of drug-likeness (QED) is 0.896. The molecule has 1 aromatic carbocycles. The lowest BCUT2D eigenvalue weighted by molar-refractivity contribution is 0.102. The highest BCUT2D eigenvalue weighted by Gasteiger charge is 2.18. The molecule has 2 aromatic rings. The summed E-state index contributed by atoms with van der Waals surface area (Å²) >= 11 is 0. The van der Waals surface area contributed by atoms with Crippen molar-refractivity contribution in [3.8, 4) is 0 Å². The first-order valence-electron chi connectivity index (χ1n) is 6.55. The molecule has 0 aliphatic rings. The highest BCUT2D eigenvalue weighted by Crippen LogP contribution is 2.23. The fourth-order valence-corrected chi connectivity index (χ4v) is 1.82. The number of hydrogen-bond acceptors (Lipinski definition) is 3. The fraction of sp³-hybridized carbons (Fsp3) is 0.250. The minimum Gasteiger partial charge on any atom is -0.330 e. The lowest BCUT2D eigenvalue weighted by Crippen LogP contribution is -2.27. The summed E-state index contributed by atoms with van der Waals surface area (Å²) in [6.07, 6.45) is 3.18. The third-order valence-electron chi connectivity index (χ3n) is 3.36. The maximum absolute atomic E-state index is 12.0. The van der Waals surface area contributed by atoms with Gasteiger partial charge in [-0.25, -0.2) is 0 Å². The van der Waals surface area contributed by atoms with Crippen LogP contribution >= 0.6 is 0 Å². The van der Waals surface area contributed by atoms with E-state index in [0.717, 1.165) is 11.3 Å². The van der Waals surface area contributed by atoms with E-state index in [1.54, 1.807) is 24.5 Å². The highest BCUT2D eigenvalue weighted by molar-refractivity contribution is 6.03. The summed E-state index contributed by atoms with van der Waals surface area (Å²) < 4.78 is 0. The van der Waals surface area contributed by atoms with Crippen LogP contribution < -0.4 is 11.1 Å². The van der Waals surface area contributed by atoms with E-state index in [1.807, 2.05) is 24.3 Å². The van der Waals surface area contributed by atoms with Crippen molar-refractivity contribution in [2.24, 2.45) is 5.73 Å². The van der Waals surface area contributed by atoms with E-state index in [0.29, 0.717) is 12.1 Å². The van der Waals surface area contributed by atoms with Crippen LogP contribution in [0.15, 0.2) is 48.8 Å². The zero-order chi connectivity index (χ0) is 14.6. The topological polar surface area (TPSA) is 68.0 Å². The Morgan fingerprint density at radius 1 is 1.25 bits per heavy atom. The van der Waals surface area contributed by atoms with Crippen molar-refractivity contribution in [2.75, 3.05) is 11.9 Å². The second kappa shape index (κ2) is 5.84. The molecule has 0 saturated carbocycles. The molecule has 0 unspecified atom stereocenters. The van der Waals surface area contributed by atoms with Crippen LogP contribution in [0.3, 0.4) is 0 Å². The Morgan fingerprint density at radius 3 is 2.50 bits per heavy atom. The zero-order valence-electron chi connectivity index (χ0n) is 11.8. The summed E-state index contributed by atoms with van der Waals surface area (Å²) in [5.74, 6) is -0.163. The van der Waals surface area contributed by atoms with E-state index in [2.05, 4.69) is 24.1 Å². The average molecular weight is 269 g/mol. The van der Waals surface area contributed by atoms with Crippen molar-refractivity contribution >= 4 is 11.6 Å². The van der Waals surface area contributed by atoms with E-state index < -0.39 is 0 Å². The van der Waals surface area contributed by atoms with Crippen LogP contribution in [-0.2, 0) is 5.41 Å². The summed E-state index contributed by atoms with van der Waals surface area (Å²) in [4.78, 5) is 15.9. The Kier molecular flexibility index (Phi) is 4.15. The summed E-state index contributed by atoms with van der Waals surface area (Å²) in [7, 11) is 0. The Balaban J connectivity index is 2.10. The predicted molar refractivity (Wildman–Crippen MR) is 80.7 cm³/mol. The molecule has 3 N–H and O–H groups in total. The lowest BCUT2D eigenvalue weighted by atomic mass is 9.85. The van der Waals surface area contributed by atoms with Gasteiger partial charge in [-0.1, -0.05) is 26.0 Å². The minimum absolute atomic E-state index is 0.0636. The summed E-state index contributed by atoms with van der Waals surface area (Å²) in [6.45, 7) is 4.76. The molecule has 4 heteroatoms. The number of nitrogens with zero attached hydrogens (tertiary/aromatic N) is 1. The van der Waals surface area contributed by atoms with E-state index >= 15 is 0 Å². The number of carbonyl (C=O) groups excluding carboxylic acids is 1. The van der Waals surface area contributed by atoms with Gasteiger partial charge in [0, 0.05) is 30.0 Å². The van der Waals surface area contributed by atoms with Gasteiger partial charge in [-0.05, 0) is 29.8 Å². The van der Waals surface area contributed by atoms with Crippen molar-refractivity contribution < 1.29 is 4.79 Å². The van der Waals surface area contributed by atoms with E-state index in [-0.39, 0.29) is 11.3 Å². The van der Waals surface area contributed by atoms with Crippen LogP contribution in [0, 0.1) is 0 Å². The van der Waals surface area contributed by atoms with Crippen molar-refractivity contribution in [2.45, 2.75) is 19.3 Å². The summed E-state index contributed by atoms with van der Waals surface area (Å²) in [6, 6.07) is 11.2. The van der Waals surface area contributed by atoms with Crippen LogP contribution in [0.1, 0.15) is 29.8 Å². The average Bonchev–Trinajstić information content (AvgIpc) is 2.48. The van der Waals surface area contributed by atoms with Crippen LogP contribution in [0.2, 0.25) is 0 Å². The van der Waals surface area contributed by atoms with Crippen molar-refractivity contribution in [3.05, 3.63) is 59.9 Å². The molecule has 2 rings (SSSR count). The van der Waals surface area contributed by atoms with Crippen LogP contribution in [-0.4, -0.2) is 17.4 Å². The van der Waals surface area contributed by atoms with Gasteiger partial charge in [0.25, 0.3) is 5.91 Å². The number of anilines is 1. The first-order valence-corrected chi connectivity index (χ1v) is 6.55.